The molecule has 0 spiro atoms. The zero-order valence-electron chi connectivity index (χ0n) is 17.7. The van der Waals surface area contributed by atoms with E-state index in [1.807, 2.05) is 58.8 Å². The summed E-state index contributed by atoms with van der Waals surface area (Å²) >= 11 is 7.61. The standard InChI is InChI=1S/C24H25ClN4O2S/c25-18-8-6-17(7-9-18)23-27-21(16-32-23)22-26-20-5-2-1-4-19(20)24(30)29(22)11-3-10-28-12-14-31-15-13-28/h1-2,4-9,16,22,26H,3,10-15H2/t22-/m1/s1. The Labute approximate surface area is 196 Å². The Morgan fingerprint density at radius 1 is 1.09 bits per heavy atom. The van der Waals surface area contributed by atoms with Gasteiger partial charge in [0.25, 0.3) is 5.91 Å². The van der Waals surface area contributed by atoms with Crippen molar-refractivity contribution >= 4 is 34.5 Å². The van der Waals surface area contributed by atoms with Gasteiger partial charge in [-0.2, -0.15) is 0 Å². The number of carbonyl (C=O) groups is 1. The fraction of sp³-hybridized carbons (Fsp3) is 0.333. The number of hydrogen-bond donors (Lipinski definition) is 1. The molecule has 1 fully saturated rings. The fourth-order valence-electron chi connectivity index (χ4n) is 4.18. The number of morpholine rings is 1. The highest BCUT2D eigenvalue weighted by Gasteiger charge is 2.34. The Hall–Kier alpha value is -2.45. The lowest BCUT2D eigenvalue weighted by Crippen LogP contribution is -2.45. The lowest BCUT2D eigenvalue weighted by Gasteiger charge is -2.37. The van der Waals surface area contributed by atoms with Crippen LogP contribution in [0.1, 0.15) is 28.6 Å². The predicted octanol–water partition coefficient (Wildman–Crippen LogP) is 4.75. The molecule has 2 aliphatic rings. The third-order valence-electron chi connectivity index (χ3n) is 5.89. The van der Waals surface area contributed by atoms with Crippen LogP contribution in [0.15, 0.2) is 53.9 Å². The lowest BCUT2D eigenvalue weighted by molar-refractivity contribution is 0.0348. The van der Waals surface area contributed by atoms with Gasteiger partial charge in [-0.3, -0.25) is 9.69 Å². The largest absolute Gasteiger partial charge is 0.379 e. The highest BCUT2D eigenvalue weighted by atomic mass is 35.5. The first-order chi connectivity index (χ1) is 15.7. The third-order valence-corrected chi connectivity index (χ3v) is 7.05. The van der Waals surface area contributed by atoms with E-state index in [1.54, 1.807) is 11.3 Å². The van der Waals surface area contributed by atoms with Crippen molar-refractivity contribution in [3.05, 3.63) is 70.2 Å². The van der Waals surface area contributed by atoms with Crippen molar-refractivity contribution in [1.29, 1.82) is 0 Å². The maximum Gasteiger partial charge on any atom is 0.257 e. The summed E-state index contributed by atoms with van der Waals surface area (Å²) in [4.78, 5) is 22.6. The molecule has 3 aromatic rings. The van der Waals surface area contributed by atoms with E-state index in [-0.39, 0.29) is 12.1 Å². The van der Waals surface area contributed by atoms with Crippen molar-refractivity contribution in [3.63, 3.8) is 0 Å². The van der Waals surface area contributed by atoms with E-state index >= 15 is 0 Å². The summed E-state index contributed by atoms with van der Waals surface area (Å²) in [6.45, 7) is 5.09. The van der Waals surface area contributed by atoms with Gasteiger partial charge in [0.1, 0.15) is 11.2 Å². The van der Waals surface area contributed by atoms with Crippen LogP contribution in [-0.2, 0) is 4.74 Å². The number of rotatable bonds is 6. The number of amides is 1. The Kier molecular flexibility index (Phi) is 6.41. The van der Waals surface area contributed by atoms with Gasteiger partial charge in [-0.05, 0) is 30.7 Å². The van der Waals surface area contributed by atoms with E-state index in [0.29, 0.717) is 17.1 Å². The molecule has 32 heavy (non-hydrogen) atoms. The summed E-state index contributed by atoms with van der Waals surface area (Å²) in [5.74, 6) is 0.0485. The number of carbonyl (C=O) groups excluding carboxylic acids is 1. The smallest absolute Gasteiger partial charge is 0.257 e. The van der Waals surface area contributed by atoms with Crippen LogP contribution in [-0.4, -0.2) is 60.1 Å². The molecular formula is C24H25ClN4O2S. The highest BCUT2D eigenvalue weighted by molar-refractivity contribution is 7.13. The van der Waals surface area contributed by atoms with E-state index in [0.717, 1.165) is 61.2 Å². The Morgan fingerprint density at radius 3 is 2.69 bits per heavy atom. The molecule has 0 unspecified atom stereocenters. The summed E-state index contributed by atoms with van der Waals surface area (Å²) in [5, 5.41) is 7.21. The second kappa shape index (κ2) is 9.58. The van der Waals surface area contributed by atoms with Crippen LogP contribution < -0.4 is 5.32 Å². The monoisotopic (exact) mass is 468 g/mol. The quantitative estimate of drug-likeness (QED) is 0.565. The average molecular weight is 469 g/mol. The zero-order chi connectivity index (χ0) is 21.9. The number of thiazole rings is 1. The van der Waals surface area contributed by atoms with Gasteiger partial charge in [0, 0.05) is 47.8 Å². The molecule has 1 aromatic heterocycles. The second-order valence-corrected chi connectivity index (χ2v) is 9.28. The highest BCUT2D eigenvalue weighted by Crippen LogP contribution is 2.35. The SMILES string of the molecule is O=C1c2ccccc2N[C@@H](c2csc(-c3ccc(Cl)cc3)n2)N1CCCN1CCOCC1. The lowest BCUT2D eigenvalue weighted by atomic mass is 10.1. The van der Waals surface area contributed by atoms with Crippen LogP contribution in [0.2, 0.25) is 5.02 Å². The van der Waals surface area contributed by atoms with E-state index in [1.165, 1.54) is 0 Å². The van der Waals surface area contributed by atoms with E-state index in [2.05, 4.69) is 10.2 Å². The van der Waals surface area contributed by atoms with Gasteiger partial charge in [0.15, 0.2) is 0 Å². The first-order valence-corrected chi connectivity index (χ1v) is 12.1. The van der Waals surface area contributed by atoms with Gasteiger partial charge in [-0.1, -0.05) is 35.9 Å². The number of nitrogens with zero attached hydrogens (tertiary/aromatic N) is 3. The van der Waals surface area contributed by atoms with Crippen LogP contribution >= 0.6 is 22.9 Å². The van der Waals surface area contributed by atoms with Crippen molar-refractivity contribution in [3.8, 4) is 10.6 Å². The first-order valence-electron chi connectivity index (χ1n) is 10.9. The summed E-state index contributed by atoms with van der Waals surface area (Å²) in [6.07, 6.45) is 0.611. The molecule has 8 heteroatoms. The maximum absolute atomic E-state index is 13.4. The zero-order valence-corrected chi connectivity index (χ0v) is 19.2. The number of para-hydroxylation sites is 1. The number of nitrogens with one attached hydrogen (secondary N) is 1. The Morgan fingerprint density at radius 2 is 1.88 bits per heavy atom. The number of hydrogen-bond acceptors (Lipinski definition) is 6. The number of benzene rings is 2. The molecule has 1 saturated heterocycles. The molecule has 0 bridgehead atoms. The summed E-state index contributed by atoms with van der Waals surface area (Å²) in [5.41, 5.74) is 3.44. The minimum absolute atomic E-state index is 0.0485. The van der Waals surface area contributed by atoms with Gasteiger partial charge >= 0.3 is 0 Å². The average Bonchev–Trinajstić information content (AvgIpc) is 3.32. The molecule has 1 atom stereocenters. The van der Waals surface area contributed by atoms with Crippen molar-refractivity contribution in [2.45, 2.75) is 12.6 Å². The number of halogens is 1. The van der Waals surface area contributed by atoms with E-state index in [9.17, 15) is 4.79 Å². The van der Waals surface area contributed by atoms with Crippen molar-refractivity contribution < 1.29 is 9.53 Å². The molecule has 0 saturated carbocycles. The molecule has 6 nitrogen and oxygen atoms in total. The van der Waals surface area contributed by atoms with Crippen LogP contribution in [0.5, 0.6) is 0 Å². The summed E-state index contributed by atoms with van der Waals surface area (Å²) in [7, 11) is 0. The normalized spacial score (nSPS) is 19.0. The molecule has 1 amide bonds. The molecule has 3 heterocycles. The van der Waals surface area contributed by atoms with Crippen LogP contribution in [0, 0.1) is 0 Å². The third kappa shape index (κ3) is 4.52. The van der Waals surface area contributed by atoms with Gasteiger partial charge < -0.3 is 15.0 Å². The summed E-state index contributed by atoms with van der Waals surface area (Å²) < 4.78 is 5.44. The minimum atomic E-state index is -0.292. The minimum Gasteiger partial charge on any atom is -0.379 e. The second-order valence-electron chi connectivity index (χ2n) is 7.98. The topological polar surface area (TPSA) is 57.7 Å². The number of fused-ring (bicyclic) bond motifs is 1. The molecular weight excluding hydrogens is 444 g/mol. The Bertz CT molecular complexity index is 1080. The van der Waals surface area contributed by atoms with Crippen molar-refractivity contribution in [2.24, 2.45) is 0 Å². The van der Waals surface area contributed by atoms with Gasteiger partial charge in [-0.15, -0.1) is 11.3 Å². The van der Waals surface area contributed by atoms with Crippen molar-refractivity contribution in [2.75, 3.05) is 44.7 Å². The van der Waals surface area contributed by atoms with Crippen LogP contribution in [0.4, 0.5) is 5.69 Å². The van der Waals surface area contributed by atoms with Gasteiger partial charge in [-0.25, -0.2) is 4.98 Å². The first kappa shape index (κ1) is 21.4. The molecule has 1 N–H and O–H groups in total. The number of ether oxygens (including phenoxy) is 1. The van der Waals surface area contributed by atoms with Crippen LogP contribution in [0.25, 0.3) is 10.6 Å². The fourth-order valence-corrected chi connectivity index (χ4v) is 5.15. The molecule has 166 valence electrons. The Balaban J connectivity index is 1.38. The molecule has 2 aromatic carbocycles. The van der Waals surface area contributed by atoms with E-state index in [4.69, 9.17) is 21.3 Å². The van der Waals surface area contributed by atoms with E-state index < -0.39 is 0 Å². The molecule has 0 radical (unpaired) electrons. The summed E-state index contributed by atoms with van der Waals surface area (Å²) in [6, 6.07) is 15.4. The van der Waals surface area contributed by atoms with Gasteiger partial charge in [0.05, 0.1) is 24.5 Å². The van der Waals surface area contributed by atoms with Gasteiger partial charge in [0.2, 0.25) is 0 Å². The number of aromatic nitrogens is 1. The van der Waals surface area contributed by atoms with Crippen LogP contribution in [0.3, 0.4) is 0 Å². The van der Waals surface area contributed by atoms with Crippen molar-refractivity contribution in [1.82, 2.24) is 14.8 Å². The number of anilines is 1. The maximum atomic E-state index is 13.4. The molecule has 0 aliphatic carbocycles. The predicted molar refractivity (Wildman–Crippen MR) is 128 cm³/mol. The molecule has 5 rings (SSSR count). The molecule has 2 aliphatic heterocycles.